The van der Waals surface area contributed by atoms with E-state index in [9.17, 15) is 9.59 Å². The Kier molecular flexibility index (Phi) is 3.44. The third-order valence-electron chi connectivity index (χ3n) is 4.18. The summed E-state index contributed by atoms with van der Waals surface area (Å²) in [6.45, 7) is 0.125. The smallest absolute Gasteiger partial charge is 0.327 e. The Morgan fingerprint density at radius 1 is 1.29 bits per heavy atom. The molecule has 0 unspecified atom stereocenters. The zero-order chi connectivity index (χ0) is 16.7. The highest BCUT2D eigenvalue weighted by atomic mass is 16.5. The van der Waals surface area contributed by atoms with Gasteiger partial charge in [-0.2, -0.15) is 4.98 Å². The highest BCUT2D eigenvalue weighted by molar-refractivity contribution is 6.02. The summed E-state index contributed by atoms with van der Waals surface area (Å²) in [4.78, 5) is 31.4. The first-order chi connectivity index (χ1) is 11.7. The Morgan fingerprint density at radius 3 is 2.83 bits per heavy atom. The van der Waals surface area contributed by atoms with Gasteiger partial charge >= 0.3 is 6.03 Å². The molecule has 1 aliphatic heterocycles. The second-order valence-electron chi connectivity index (χ2n) is 5.83. The molecule has 0 radical (unpaired) electrons. The van der Waals surface area contributed by atoms with E-state index in [0.29, 0.717) is 17.1 Å². The summed E-state index contributed by atoms with van der Waals surface area (Å²) in [5.74, 6) is 0.970. The summed E-state index contributed by atoms with van der Waals surface area (Å²) in [6, 6.07) is 7.23. The second-order valence-corrected chi connectivity index (χ2v) is 5.83. The number of methoxy groups -OCH3 is 1. The number of urea groups is 1. The summed E-state index contributed by atoms with van der Waals surface area (Å²) in [7, 11) is 1.56. The average Bonchev–Trinajstić information content (AvgIpc) is 3.27. The normalized spacial score (nSPS) is 17.7. The van der Waals surface area contributed by atoms with Crippen LogP contribution in [0.4, 0.5) is 4.79 Å². The molecule has 0 atom stereocenters. The fourth-order valence-corrected chi connectivity index (χ4v) is 2.78. The van der Waals surface area contributed by atoms with Crippen molar-refractivity contribution in [1.29, 1.82) is 0 Å². The molecule has 0 spiro atoms. The largest absolute Gasteiger partial charge is 0.496 e. The van der Waals surface area contributed by atoms with Crippen molar-refractivity contribution in [2.45, 2.75) is 25.4 Å². The van der Waals surface area contributed by atoms with Gasteiger partial charge < -0.3 is 14.2 Å². The zero-order valence-electron chi connectivity index (χ0n) is 13.1. The first-order valence-corrected chi connectivity index (χ1v) is 7.74. The first kappa shape index (κ1) is 14.7. The number of aromatic nitrogens is 2. The number of para-hydroxylation sites is 1. The molecule has 0 N–H and O–H groups in total. The number of hydrogen-bond donors (Lipinski definition) is 0. The fourth-order valence-electron chi connectivity index (χ4n) is 2.78. The summed E-state index contributed by atoms with van der Waals surface area (Å²) >= 11 is 0. The van der Waals surface area contributed by atoms with E-state index in [1.807, 2.05) is 18.2 Å². The van der Waals surface area contributed by atoms with Crippen LogP contribution in [-0.2, 0) is 11.3 Å². The fraction of sp³-hybridized carbons (Fsp3) is 0.375. The molecule has 1 aromatic carbocycles. The lowest BCUT2D eigenvalue weighted by molar-refractivity contribution is -0.126. The Morgan fingerprint density at radius 2 is 2.08 bits per heavy atom. The number of carbonyl (C=O) groups excluding carboxylic acids is 2. The molecule has 24 heavy (non-hydrogen) atoms. The van der Waals surface area contributed by atoms with Crippen LogP contribution in [0, 0.1) is 0 Å². The van der Waals surface area contributed by atoms with Gasteiger partial charge in [-0.15, -0.1) is 0 Å². The standard InChI is InChI=1S/C16H16N4O4/c1-23-12-5-3-2-4-11(12)15-17-13(24-18-15)8-20-14(21)9-19(16(20)22)10-6-7-10/h2-5,10H,6-9H2,1H3. The maximum absolute atomic E-state index is 12.3. The molecule has 1 saturated carbocycles. The van der Waals surface area contributed by atoms with Gasteiger partial charge in [0, 0.05) is 6.04 Å². The van der Waals surface area contributed by atoms with Gasteiger partial charge in [0.2, 0.25) is 11.7 Å². The summed E-state index contributed by atoms with van der Waals surface area (Å²) in [5, 5.41) is 3.92. The molecular formula is C16H16N4O4. The average molecular weight is 328 g/mol. The van der Waals surface area contributed by atoms with Crippen LogP contribution in [0.15, 0.2) is 28.8 Å². The topological polar surface area (TPSA) is 88.8 Å². The van der Waals surface area contributed by atoms with Crippen LogP contribution >= 0.6 is 0 Å². The molecule has 2 aliphatic rings. The van der Waals surface area contributed by atoms with Crippen molar-refractivity contribution >= 4 is 11.9 Å². The first-order valence-electron chi connectivity index (χ1n) is 7.74. The number of ether oxygens (including phenoxy) is 1. The summed E-state index contributed by atoms with van der Waals surface area (Å²) < 4.78 is 10.5. The molecule has 1 aliphatic carbocycles. The van der Waals surface area contributed by atoms with Crippen LogP contribution in [0.2, 0.25) is 0 Å². The number of imide groups is 1. The lowest BCUT2D eigenvalue weighted by Gasteiger charge is -2.14. The van der Waals surface area contributed by atoms with E-state index < -0.39 is 0 Å². The van der Waals surface area contributed by atoms with Gasteiger partial charge in [0.25, 0.3) is 5.91 Å². The quantitative estimate of drug-likeness (QED) is 0.776. The van der Waals surface area contributed by atoms with E-state index in [4.69, 9.17) is 9.26 Å². The molecule has 8 nitrogen and oxygen atoms in total. The van der Waals surface area contributed by atoms with Crippen molar-refractivity contribution < 1.29 is 18.8 Å². The minimum Gasteiger partial charge on any atom is -0.496 e. The van der Waals surface area contributed by atoms with E-state index in [1.54, 1.807) is 18.1 Å². The number of nitrogens with zero attached hydrogens (tertiary/aromatic N) is 4. The van der Waals surface area contributed by atoms with Gasteiger partial charge in [0.05, 0.1) is 12.7 Å². The van der Waals surface area contributed by atoms with Crippen LogP contribution in [0.3, 0.4) is 0 Å². The molecule has 2 aromatic rings. The van der Waals surface area contributed by atoms with Crippen molar-refractivity contribution in [3.05, 3.63) is 30.2 Å². The molecule has 4 rings (SSSR count). The molecule has 1 saturated heterocycles. The third kappa shape index (κ3) is 2.49. The number of amides is 3. The van der Waals surface area contributed by atoms with Crippen LogP contribution in [0.1, 0.15) is 18.7 Å². The predicted molar refractivity (Wildman–Crippen MR) is 82.0 cm³/mol. The van der Waals surface area contributed by atoms with Gasteiger partial charge in [-0.1, -0.05) is 17.3 Å². The van der Waals surface area contributed by atoms with E-state index in [2.05, 4.69) is 10.1 Å². The lowest BCUT2D eigenvalue weighted by Crippen LogP contribution is -2.33. The lowest BCUT2D eigenvalue weighted by atomic mass is 10.2. The molecule has 1 aromatic heterocycles. The molecule has 2 heterocycles. The summed E-state index contributed by atoms with van der Waals surface area (Å²) in [6.07, 6.45) is 1.93. The minimum atomic E-state index is -0.278. The Bertz CT molecular complexity index is 799. The van der Waals surface area contributed by atoms with Gasteiger partial charge in [-0.05, 0) is 25.0 Å². The Labute approximate surface area is 138 Å². The van der Waals surface area contributed by atoms with Crippen LogP contribution in [0.25, 0.3) is 11.4 Å². The Balaban J connectivity index is 1.53. The van der Waals surface area contributed by atoms with Gasteiger partial charge in [0.1, 0.15) is 18.8 Å². The predicted octanol–water partition coefficient (Wildman–Crippen LogP) is 1.67. The third-order valence-corrected chi connectivity index (χ3v) is 4.18. The molecule has 124 valence electrons. The molecular weight excluding hydrogens is 312 g/mol. The number of hydrogen-bond acceptors (Lipinski definition) is 6. The molecule has 8 heteroatoms. The van der Waals surface area contributed by atoms with Crippen molar-refractivity contribution in [1.82, 2.24) is 19.9 Å². The molecule has 3 amide bonds. The van der Waals surface area contributed by atoms with Crippen molar-refractivity contribution in [3.63, 3.8) is 0 Å². The van der Waals surface area contributed by atoms with Crippen LogP contribution in [0.5, 0.6) is 5.75 Å². The van der Waals surface area contributed by atoms with Crippen LogP contribution < -0.4 is 4.74 Å². The highest BCUT2D eigenvalue weighted by Gasteiger charge is 2.44. The number of rotatable bonds is 5. The minimum absolute atomic E-state index is 0.0109. The van der Waals surface area contributed by atoms with E-state index >= 15 is 0 Å². The maximum atomic E-state index is 12.3. The number of benzene rings is 1. The second kappa shape index (κ2) is 5.63. The van der Waals surface area contributed by atoms with Crippen molar-refractivity contribution in [2.24, 2.45) is 0 Å². The van der Waals surface area contributed by atoms with Gasteiger partial charge in [-0.3, -0.25) is 9.69 Å². The SMILES string of the molecule is COc1ccccc1-c1noc(CN2C(=O)CN(C3CC3)C2=O)n1. The monoisotopic (exact) mass is 328 g/mol. The van der Waals surface area contributed by atoms with Crippen molar-refractivity contribution in [2.75, 3.05) is 13.7 Å². The van der Waals surface area contributed by atoms with E-state index in [1.165, 1.54) is 0 Å². The maximum Gasteiger partial charge on any atom is 0.327 e. The summed E-state index contributed by atoms with van der Waals surface area (Å²) in [5.41, 5.74) is 0.689. The van der Waals surface area contributed by atoms with E-state index in [-0.39, 0.29) is 37.0 Å². The van der Waals surface area contributed by atoms with Crippen molar-refractivity contribution in [3.8, 4) is 17.1 Å². The van der Waals surface area contributed by atoms with E-state index in [0.717, 1.165) is 17.7 Å². The molecule has 0 bridgehead atoms. The van der Waals surface area contributed by atoms with Gasteiger partial charge in [0.15, 0.2) is 0 Å². The van der Waals surface area contributed by atoms with Crippen LogP contribution in [-0.4, -0.2) is 51.6 Å². The zero-order valence-corrected chi connectivity index (χ0v) is 13.1. The Hall–Kier alpha value is -2.90. The highest BCUT2D eigenvalue weighted by Crippen LogP contribution is 2.31. The molecule has 2 fully saturated rings. The number of carbonyl (C=O) groups is 2. The van der Waals surface area contributed by atoms with Gasteiger partial charge in [-0.25, -0.2) is 4.79 Å².